The third-order valence-corrected chi connectivity index (χ3v) is 4.77. The topological polar surface area (TPSA) is 51.7 Å². The summed E-state index contributed by atoms with van der Waals surface area (Å²) >= 11 is 5.77. The van der Waals surface area contributed by atoms with Crippen molar-refractivity contribution in [3.05, 3.63) is 28.5 Å². The number of hydrogen-bond acceptors (Lipinski definition) is 4. The second-order valence-corrected chi connectivity index (χ2v) is 6.30. The Balaban J connectivity index is 1.91. The first kappa shape index (κ1) is 16.5. The van der Waals surface area contributed by atoms with Gasteiger partial charge in [0, 0.05) is 24.9 Å². The number of aromatic nitrogens is 1. The van der Waals surface area contributed by atoms with Crippen LogP contribution in [0.2, 0.25) is 5.15 Å². The van der Waals surface area contributed by atoms with Crippen molar-refractivity contribution in [2.45, 2.75) is 24.8 Å². The highest BCUT2D eigenvalue weighted by Crippen LogP contribution is 2.37. The standard InChI is InChI=1S/C15H17ClF2N2O3/c1-10-6-11(7-19-12(10)16)15(17,18)13(21)20-3-5-23-9-14(20)2-4-22-8-14/h6-7H,2-5,8-9H2,1H3. The molecule has 126 valence electrons. The van der Waals surface area contributed by atoms with Crippen LogP contribution in [0.5, 0.6) is 0 Å². The van der Waals surface area contributed by atoms with Crippen molar-refractivity contribution in [3.63, 3.8) is 0 Å². The zero-order valence-corrected chi connectivity index (χ0v) is 13.4. The van der Waals surface area contributed by atoms with E-state index in [0.29, 0.717) is 18.6 Å². The molecule has 0 N–H and O–H groups in total. The summed E-state index contributed by atoms with van der Waals surface area (Å²) in [5.74, 6) is -4.91. The molecule has 0 aliphatic carbocycles. The number of rotatable bonds is 2. The van der Waals surface area contributed by atoms with Crippen LogP contribution in [0.15, 0.2) is 12.3 Å². The molecule has 1 amide bonds. The fraction of sp³-hybridized carbons (Fsp3) is 0.600. The van der Waals surface area contributed by atoms with E-state index in [1.54, 1.807) is 6.92 Å². The monoisotopic (exact) mass is 346 g/mol. The Hall–Kier alpha value is -1.31. The van der Waals surface area contributed by atoms with Gasteiger partial charge >= 0.3 is 5.92 Å². The second kappa shape index (κ2) is 5.96. The summed E-state index contributed by atoms with van der Waals surface area (Å²) in [4.78, 5) is 17.5. The summed E-state index contributed by atoms with van der Waals surface area (Å²) in [7, 11) is 0. The molecular formula is C15H17ClF2N2O3. The molecule has 5 nitrogen and oxygen atoms in total. The van der Waals surface area contributed by atoms with Gasteiger partial charge in [-0.2, -0.15) is 8.78 Å². The van der Waals surface area contributed by atoms with Gasteiger partial charge in [0.15, 0.2) is 0 Å². The van der Waals surface area contributed by atoms with Gasteiger partial charge in [0.1, 0.15) is 5.15 Å². The van der Waals surface area contributed by atoms with E-state index in [2.05, 4.69) is 4.98 Å². The van der Waals surface area contributed by atoms with Crippen molar-refractivity contribution < 1.29 is 23.0 Å². The van der Waals surface area contributed by atoms with E-state index in [1.807, 2.05) is 0 Å². The molecule has 1 unspecified atom stereocenters. The fourth-order valence-electron chi connectivity index (χ4n) is 3.00. The van der Waals surface area contributed by atoms with Gasteiger partial charge in [0.05, 0.1) is 25.4 Å². The Bertz CT molecular complexity index is 621. The minimum atomic E-state index is -3.67. The van der Waals surface area contributed by atoms with Gasteiger partial charge in [-0.1, -0.05) is 11.6 Å². The van der Waals surface area contributed by atoms with Crippen LogP contribution in [-0.2, 0) is 20.2 Å². The lowest BCUT2D eigenvalue weighted by Crippen LogP contribution is -2.62. The number of ether oxygens (including phenoxy) is 2. The Morgan fingerprint density at radius 3 is 2.74 bits per heavy atom. The van der Waals surface area contributed by atoms with Crippen molar-refractivity contribution in [2.24, 2.45) is 0 Å². The van der Waals surface area contributed by atoms with E-state index in [4.69, 9.17) is 21.1 Å². The SMILES string of the molecule is Cc1cc(C(F)(F)C(=O)N2CCOCC23CCOC3)cnc1Cl. The zero-order valence-electron chi connectivity index (χ0n) is 12.7. The fourth-order valence-corrected chi connectivity index (χ4v) is 3.10. The molecule has 2 aliphatic rings. The molecule has 0 radical (unpaired) electrons. The summed E-state index contributed by atoms with van der Waals surface area (Å²) in [6.45, 7) is 2.79. The molecule has 8 heteroatoms. The molecule has 1 aromatic rings. The molecule has 0 aromatic carbocycles. The van der Waals surface area contributed by atoms with Crippen molar-refractivity contribution >= 4 is 17.5 Å². The summed E-state index contributed by atoms with van der Waals surface area (Å²) in [5.41, 5.74) is -0.851. The molecule has 2 saturated heterocycles. The average molecular weight is 347 g/mol. The van der Waals surface area contributed by atoms with Crippen LogP contribution >= 0.6 is 11.6 Å². The molecule has 3 rings (SSSR count). The van der Waals surface area contributed by atoms with E-state index in [-0.39, 0.29) is 31.5 Å². The van der Waals surface area contributed by atoms with Crippen LogP contribution in [0.1, 0.15) is 17.5 Å². The third kappa shape index (κ3) is 2.81. The Morgan fingerprint density at radius 2 is 2.09 bits per heavy atom. The van der Waals surface area contributed by atoms with E-state index in [0.717, 1.165) is 6.20 Å². The van der Waals surface area contributed by atoms with Crippen LogP contribution in [0.3, 0.4) is 0 Å². The van der Waals surface area contributed by atoms with Crippen molar-refractivity contribution in [1.29, 1.82) is 0 Å². The van der Waals surface area contributed by atoms with Crippen molar-refractivity contribution in [1.82, 2.24) is 9.88 Å². The number of amides is 1. The van der Waals surface area contributed by atoms with Gasteiger partial charge in [-0.25, -0.2) is 4.98 Å². The average Bonchev–Trinajstić information content (AvgIpc) is 2.98. The normalized spacial score (nSPS) is 25.1. The lowest BCUT2D eigenvalue weighted by Gasteiger charge is -2.44. The van der Waals surface area contributed by atoms with Gasteiger partial charge in [-0.15, -0.1) is 0 Å². The first-order chi connectivity index (χ1) is 10.9. The van der Waals surface area contributed by atoms with E-state index in [9.17, 15) is 13.6 Å². The van der Waals surface area contributed by atoms with Gasteiger partial charge in [0.2, 0.25) is 0 Å². The molecule has 0 saturated carbocycles. The molecule has 0 bridgehead atoms. The maximum absolute atomic E-state index is 14.7. The van der Waals surface area contributed by atoms with Crippen LogP contribution in [0.25, 0.3) is 0 Å². The molecule has 2 fully saturated rings. The largest absolute Gasteiger partial charge is 0.379 e. The third-order valence-electron chi connectivity index (χ3n) is 4.38. The molecular weight excluding hydrogens is 330 g/mol. The highest BCUT2D eigenvalue weighted by Gasteiger charge is 2.53. The number of hydrogen-bond donors (Lipinski definition) is 0. The number of morpholine rings is 1. The van der Waals surface area contributed by atoms with Gasteiger partial charge < -0.3 is 14.4 Å². The summed E-state index contributed by atoms with van der Waals surface area (Å²) < 4.78 is 40.2. The first-order valence-electron chi connectivity index (χ1n) is 7.35. The maximum atomic E-state index is 14.7. The number of halogens is 3. The molecule has 3 heterocycles. The Kier molecular flexibility index (Phi) is 4.29. The minimum Gasteiger partial charge on any atom is -0.379 e. The minimum absolute atomic E-state index is 0.123. The van der Waals surface area contributed by atoms with Crippen LogP contribution < -0.4 is 0 Å². The summed E-state index contributed by atoms with van der Waals surface area (Å²) in [5, 5.41) is 0.143. The second-order valence-electron chi connectivity index (χ2n) is 5.94. The smallest absolute Gasteiger partial charge is 0.351 e. The zero-order chi connectivity index (χ0) is 16.7. The van der Waals surface area contributed by atoms with Crippen molar-refractivity contribution in [3.8, 4) is 0 Å². The number of carbonyl (C=O) groups excluding carboxylic acids is 1. The van der Waals surface area contributed by atoms with Gasteiger partial charge in [-0.3, -0.25) is 4.79 Å². The van der Waals surface area contributed by atoms with Gasteiger partial charge in [0.25, 0.3) is 5.91 Å². The number of alkyl halides is 2. The van der Waals surface area contributed by atoms with E-state index < -0.39 is 22.9 Å². The van der Waals surface area contributed by atoms with Crippen LogP contribution in [-0.4, -0.2) is 54.3 Å². The maximum Gasteiger partial charge on any atom is 0.351 e. The quantitative estimate of drug-likeness (QED) is 0.770. The van der Waals surface area contributed by atoms with E-state index in [1.165, 1.54) is 11.0 Å². The molecule has 1 spiro atoms. The number of carbonyl (C=O) groups is 1. The predicted molar refractivity (Wildman–Crippen MR) is 78.6 cm³/mol. The number of aryl methyl sites for hydroxylation is 1. The Morgan fingerprint density at radius 1 is 1.39 bits per heavy atom. The predicted octanol–water partition coefficient (Wildman–Crippen LogP) is 2.15. The molecule has 23 heavy (non-hydrogen) atoms. The van der Waals surface area contributed by atoms with E-state index >= 15 is 0 Å². The van der Waals surface area contributed by atoms with Gasteiger partial charge in [-0.05, 0) is 25.0 Å². The van der Waals surface area contributed by atoms with Crippen LogP contribution in [0.4, 0.5) is 8.78 Å². The Labute approximate surface area is 137 Å². The highest BCUT2D eigenvalue weighted by atomic mass is 35.5. The molecule has 1 aromatic heterocycles. The molecule has 2 aliphatic heterocycles. The number of pyridine rings is 1. The highest BCUT2D eigenvalue weighted by molar-refractivity contribution is 6.30. The lowest BCUT2D eigenvalue weighted by molar-refractivity contribution is -0.176. The first-order valence-corrected chi connectivity index (χ1v) is 7.73. The van der Waals surface area contributed by atoms with Crippen LogP contribution in [0, 0.1) is 6.92 Å². The summed E-state index contributed by atoms with van der Waals surface area (Å²) in [6, 6.07) is 1.20. The molecule has 1 atom stereocenters. The number of nitrogens with zero attached hydrogens (tertiary/aromatic N) is 2. The lowest BCUT2D eigenvalue weighted by atomic mass is 9.94. The summed E-state index contributed by atoms with van der Waals surface area (Å²) in [6.07, 6.45) is 1.44. The van der Waals surface area contributed by atoms with Crippen molar-refractivity contribution in [2.75, 3.05) is 33.0 Å².